The van der Waals surface area contributed by atoms with E-state index in [-0.39, 0.29) is 21.2 Å². The lowest BCUT2D eigenvalue weighted by Crippen LogP contribution is -2.55. The molecule has 3 N–H and O–H groups in total. The van der Waals surface area contributed by atoms with Crippen LogP contribution in [0.3, 0.4) is 0 Å². The molecule has 1 rings (SSSR count). The molecule has 20 heavy (non-hydrogen) atoms. The Hall–Kier alpha value is -0.140. The van der Waals surface area contributed by atoms with Gasteiger partial charge in [-0.15, -0.1) is 0 Å². The molecule has 7 nitrogen and oxygen atoms in total. The summed E-state index contributed by atoms with van der Waals surface area (Å²) in [6, 6.07) is 0. The van der Waals surface area contributed by atoms with E-state index in [1.54, 1.807) is 6.92 Å². The minimum atomic E-state index is -1.10. The number of rotatable bonds is 9. The van der Waals surface area contributed by atoms with Gasteiger partial charge in [0.2, 0.25) is 0 Å². The summed E-state index contributed by atoms with van der Waals surface area (Å²) in [5.41, 5.74) is 0. The molecule has 0 aromatic heterocycles. The van der Waals surface area contributed by atoms with E-state index >= 15 is 0 Å². The molecule has 0 amide bonds. The monoisotopic (exact) mass is 310 g/mol. The maximum atomic E-state index is 10.0. The van der Waals surface area contributed by atoms with E-state index in [4.69, 9.17) is 14.6 Å². The second-order valence-electron chi connectivity index (χ2n) is 4.91. The van der Waals surface area contributed by atoms with E-state index in [2.05, 4.69) is 4.52 Å². The molecule has 5 atom stereocenters. The Bertz CT molecular complexity index is 277. The first-order valence-corrected chi connectivity index (χ1v) is 7.53. The minimum Gasteiger partial charge on any atom is -0.394 e. The minimum absolute atomic E-state index is 0.300. The number of aliphatic hydroxyl groups is 3. The van der Waals surface area contributed by atoms with Crippen molar-refractivity contribution in [1.82, 2.24) is 0 Å². The van der Waals surface area contributed by atoms with Crippen LogP contribution in [0.1, 0.15) is 26.2 Å². The molecule has 1 aliphatic heterocycles. The van der Waals surface area contributed by atoms with Crippen molar-refractivity contribution in [3.8, 4) is 0 Å². The third kappa shape index (κ3) is 5.33. The summed E-state index contributed by atoms with van der Waals surface area (Å²) in [7, 11) is -0.300. The number of unbranched alkanes of at least 4 members (excludes halogenated alkanes) is 2. The third-order valence-electron chi connectivity index (χ3n) is 3.40. The summed E-state index contributed by atoms with van der Waals surface area (Å²) >= 11 is 0. The van der Waals surface area contributed by atoms with Gasteiger partial charge in [0.25, 0.3) is 0 Å². The van der Waals surface area contributed by atoms with Crippen LogP contribution in [0.4, 0.5) is 0 Å². The molecule has 0 bridgehead atoms. The molecule has 1 saturated heterocycles. The van der Waals surface area contributed by atoms with E-state index in [1.807, 2.05) is 0 Å². The van der Waals surface area contributed by atoms with E-state index < -0.39 is 24.6 Å². The smallest absolute Gasteiger partial charge is 0.327 e. The Morgan fingerprint density at radius 2 is 1.85 bits per heavy atom. The van der Waals surface area contributed by atoms with Crippen LogP contribution in [0.2, 0.25) is 0 Å². The van der Waals surface area contributed by atoms with Gasteiger partial charge in [-0.3, -0.25) is 4.52 Å². The van der Waals surface area contributed by atoms with Crippen molar-refractivity contribution < 1.29 is 33.9 Å². The molecule has 1 fully saturated rings. The number of ether oxygens (including phenoxy) is 2. The van der Waals surface area contributed by atoms with Gasteiger partial charge in [-0.2, -0.15) is 0 Å². The van der Waals surface area contributed by atoms with Crippen LogP contribution < -0.4 is 0 Å². The van der Waals surface area contributed by atoms with Crippen molar-refractivity contribution >= 4 is 8.69 Å². The zero-order valence-electron chi connectivity index (χ0n) is 11.6. The summed E-state index contributed by atoms with van der Waals surface area (Å²) < 4.78 is 25.7. The van der Waals surface area contributed by atoms with Gasteiger partial charge in [-0.05, 0) is 19.3 Å². The number of hydrogen-bond acceptors (Lipinski definition) is 7. The van der Waals surface area contributed by atoms with Crippen molar-refractivity contribution in [1.29, 1.82) is 0 Å². The summed E-state index contributed by atoms with van der Waals surface area (Å²) in [4.78, 5) is 0. The fourth-order valence-corrected chi connectivity index (χ4v) is 2.30. The Morgan fingerprint density at radius 1 is 1.15 bits per heavy atom. The van der Waals surface area contributed by atoms with Gasteiger partial charge < -0.3 is 24.8 Å². The zero-order valence-corrected chi connectivity index (χ0v) is 12.4. The van der Waals surface area contributed by atoms with E-state index in [1.165, 1.54) is 0 Å². The SMILES string of the molecule is CC1C(OCCCCCOP=O)OC(CO)C(O)C1O. The summed E-state index contributed by atoms with van der Waals surface area (Å²) in [5.74, 6) is -0.365. The van der Waals surface area contributed by atoms with Gasteiger partial charge in [-0.25, -0.2) is 4.57 Å². The highest BCUT2D eigenvalue weighted by molar-refractivity contribution is 7.17. The highest BCUT2D eigenvalue weighted by Gasteiger charge is 2.42. The molecule has 5 unspecified atom stereocenters. The molecular weight excluding hydrogens is 287 g/mol. The van der Waals surface area contributed by atoms with E-state index in [9.17, 15) is 14.8 Å². The molecule has 118 valence electrons. The fraction of sp³-hybridized carbons (Fsp3) is 1.00. The molecular formula is C12H23O7P. The Morgan fingerprint density at radius 3 is 2.50 bits per heavy atom. The van der Waals surface area contributed by atoms with Crippen LogP contribution in [0.5, 0.6) is 0 Å². The predicted octanol–water partition coefficient (Wildman–Crippen LogP) is 0.472. The van der Waals surface area contributed by atoms with Crippen molar-refractivity contribution in [3.05, 3.63) is 0 Å². The summed E-state index contributed by atoms with van der Waals surface area (Å²) in [6.07, 6.45) is -1.09. The number of aliphatic hydroxyl groups excluding tert-OH is 3. The summed E-state index contributed by atoms with van der Waals surface area (Å²) in [5, 5.41) is 28.6. The van der Waals surface area contributed by atoms with Gasteiger partial charge in [-0.1, -0.05) is 6.92 Å². The van der Waals surface area contributed by atoms with E-state index in [0.717, 1.165) is 19.3 Å². The van der Waals surface area contributed by atoms with Crippen molar-refractivity contribution in [2.45, 2.75) is 50.8 Å². The first kappa shape index (κ1) is 17.9. The average molecular weight is 310 g/mol. The van der Waals surface area contributed by atoms with Crippen LogP contribution in [-0.2, 0) is 18.6 Å². The lowest BCUT2D eigenvalue weighted by atomic mass is 9.92. The van der Waals surface area contributed by atoms with Crippen molar-refractivity contribution in [3.63, 3.8) is 0 Å². The van der Waals surface area contributed by atoms with Crippen LogP contribution >= 0.6 is 8.69 Å². The lowest BCUT2D eigenvalue weighted by molar-refractivity contribution is -0.282. The molecule has 0 aromatic carbocycles. The van der Waals surface area contributed by atoms with Crippen LogP contribution in [0, 0.1) is 5.92 Å². The Balaban J connectivity index is 2.23. The van der Waals surface area contributed by atoms with Crippen molar-refractivity contribution in [2.75, 3.05) is 19.8 Å². The molecule has 1 heterocycles. The number of hydrogen-bond donors (Lipinski definition) is 3. The topological polar surface area (TPSA) is 105 Å². The van der Waals surface area contributed by atoms with Gasteiger partial charge in [0.15, 0.2) is 6.29 Å². The fourth-order valence-electron chi connectivity index (χ4n) is 2.09. The molecule has 0 radical (unpaired) electrons. The molecule has 0 spiro atoms. The quantitative estimate of drug-likeness (QED) is 0.420. The van der Waals surface area contributed by atoms with Gasteiger partial charge in [0.05, 0.1) is 19.3 Å². The molecule has 0 aromatic rings. The first-order chi connectivity index (χ1) is 9.61. The average Bonchev–Trinajstić information content (AvgIpc) is 2.46. The maximum absolute atomic E-state index is 10.0. The van der Waals surface area contributed by atoms with Gasteiger partial charge >= 0.3 is 8.69 Å². The van der Waals surface area contributed by atoms with Crippen LogP contribution in [-0.4, -0.2) is 59.7 Å². The predicted molar refractivity (Wildman–Crippen MR) is 70.3 cm³/mol. The van der Waals surface area contributed by atoms with Gasteiger partial charge in [0, 0.05) is 12.5 Å². The largest absolute Gasteiger partial charge is 0.394 e. The lowest BCUT2D eigenvalue weighted by Gasteiger charge is -2.40. The van der Waals surface area contributed by atoms with Crippen LogP contribution in [0.25, 0.3) is 0 Å². The molecule has 8 heteroatoms. The highest BCUT2D eigenvalue weighted by atomic mass is 31.1. The standard InChI is InChI=1S/C12H23O7P/c1-8-10(14)11(15)9(7-13)19-12(8)17-5-3-2-4-6-18-20-16/h8-15H,2-7H2,1H3. The second kappa shape index (κ2) is 9.73. The molecule has 0 saturated carbocycles. The molecule has 0 aliphatic carbocycles. The zero-order chi connectivity index (χ0) is 15.0. The summed E-state index contributed by atoms with van der Waals surface area (Å²) in [6.45, 7) is 2.26. The Labute approximate surface area is 120 Å². The highest BCUT2D eigenvalue weighted by Crippen LogP contribution is 2.26. The van der Waals surface area contributed by atoms with Crippen LogP contribution in [0.15, 0.2) is 0 Å². The third-order valence-corrected chi connectivity index (χ3v) is 3.69. The second-order valence-corrected chi connectivity index (χ2v) is 5.31. The molecule has 1 aliphatic rings. The normalized spacial score (nSPS) is 34.5. The Kier molecular flexibility index (Phi) is 8.72. The maximum Gasteiger partial charge on any atom is 0.327 e. The first-order valence-electron chi connectivity index (χ1n) is 6.80. The van der Waals surface area contributed by atoms with Gasteiger partial charge in [0.1, 0.15) is 12.2 Å². The van der Waals surface area contributed by atoms with Crippen molar-refractivity contribution in [2.24, 2.45) is 5.92 Å². The van der Waals surface area contributed by atoms with E-state index in [0.29, 0.717) is 13.2 Å².